The standard InChI is InChI=1S/C10H10F3NO5/c1-17-7-4-6(15)9(19-10(11,12)13)14-5(7)3-8(16)18-2/h4,15H,3H2,1-2H3. The van der Waals surface area contributed by atoms with Crippen LogP contribution in [0.5, 0.6) is 17.4 Å². The Morgan fingerprint density at radius 1 is 1.42 bits per heavy atom. The Labute approximate surface area is 105 Å². The Morgan fingerprint density at radius 2 is 2.05 bits per heavy atom. The van der Waals surface area contributed by atoms with E-state index in [0.29, 0.717) is 0 Å². The van der Waals surface area contributed by atoms with E-state index in [1.54, 1.807) is 0 Å². The number of aromatic hydroxyl groups is 1. The minimum absolute atomic E-state index is 0.0579. The molecule has 0 unspecified atom stereocenters. The fraction of sp³-hybridized carbons (Fsp3) is 0.400. The van der Waals surface area contributed by atoms with Crippen molar-refractivity contribution in [2.75, 3.05) is 14.2 Å². The van der Waals surface area contributed by atoms with Crippen molar-refractivity contribution in [3.8, 4) is 17.4 Å². The molecule has 6 nitrogen and oxygen atoms in total. The van der Waals surface area contributed by atoms with Crippen LogP contribution in [-0.2, 0) is 16.0 Å². The summed E-state index contributed by atoms with van der Waals surface area (Å²) in [6.07, 6.45) is -5.43. The lowest BCUT2D eigenvalue weighted by molar-refractivity contribution is -0.276. The summed E-state index contributed by atoms with van der Waals surface area (Å²) in [4.78, 5) is 14.5. The summed E-state index contributed by atoms with van der Waals surface area (Å²) in [6.45, 7) is 0. The number of halogens is 3. The van der Waals surface area contributed by atoms with Gasteiger partial charge >= 0.3 is 12.3 Å². The first-order chi connectivity index (χ1) is 8.76. The molecule has 0 spiro atoms. The molecule has 0 aliphatic heterocycles. The first kappa shape index (κ1) is 14.9. The number of alkyl halides is 3. The zero-order valence-corrected chi connectivity index (χ0v) is 9.95. The van der Waals surface area contributed by atoms with Crippen molar-refractivity contribution in [1.82, 2.24) is 4.98 Å². The van der Waals surface area contributed by atoms with E-state index in [2.05, 4.69) is 14.5 Å². The van der Waals surface area contributed by atoms with E-state index in [1.165, 1.54) is 7.11 Å². The molecule has 19 heavy (non-hydrogen) atoms. The van der Waals surface area contributed by atoms with Gasteiger partial charge in [0.05, 0.1) is 26.3 Å². The van der Waals surface area contributed by atoms with Gasteiger partial charge in [0.15, 0.2) is 5.75 Å². The number of nitrogens with zero attached hydrogens (tertiary/aromatic N) is 1. The molecule has 0 saturated heterocycles. The van der Waals surface area contributed by atoms with Crippen LogP contribution in [0.25, 0.3) is 0 Å². The maximum absolute atomic E-state index is 12.1. The SMILES string of the molecule is COC(=O)Cc1nc(OC(F)(F)F)c(O)cc1OC. The third kappa shape index (κ3) is 4.19. The maximum atomic E-state index is 12.1. The van der Waals surface area contributed by atoms with Crippen LogP contribution in [-0.4, -0.2) is 36.6 Å². The van der Waals surface area contributed by atoms with E-state index in [1.807, 2.05) is 0 Å². The van der Waals surface area contributed by atoms with Crippen molar-refractivity contribution < 1.29 is 37.3 Å². The van der Waals surface area contributed by atoms with Crippen molar-refractivity contribution in [2.45, 2.75) is 12.8 Å². The molecule has 0 bridgehead atoms. The Bertz CT molecular complexity index is 475. The fourth-order valence-electron chi connectivity index (χ4n) is 1.20. The van der Waals surface area contributed by atoms with Crippen LogP contribution < -0.4 is 9.47 Å². The Kier molecular flexibility index (Phi) is 4.41. The van der Waals surface area contributed by atoms with Gasteiger partial charge in [-0.3, -0.25) is 4.79 Å². The molecule has 0 aliphatic rings. The van der Waals surface area contributed by atoms with Gasteiger partial charge < -0.3 is 19.3 Å². The summed E-state index contributed by atoms with van der Waals surface area (Å²) in [6, 6.07) is 0.867. The van der Waals surface area contributed by atoms with Crippen LogP contribution >= 0.6 is 0 Å². The molecule has 0 saturated carbocycles. The van der Waals surface area contributed by atoms with Gasteiger partial charge in [-0.1, -0.05) is 0 Å². The van der Waals surface area contributed by atoms with Gasteiger partial charge in [0.2, 0.25) is 0 Å². The third-order valence-electron chi connectivity index (χ3n) is 1.98. The molecule has 0 atom stereocenters. The lowest BCUT2D eigenvalue weighted by Crippen LogP contribution is -2.19. The normalized spacial score (nSPS) is 11.0. The summed E-state index contributed by atoms with van der Waals surface area (Å²) in [5, 5.41) is 9.32. The number of carbonyl (C=O) groups is 1. The number of carbonyl (C=O) groups excluding carboxylic acids is 1. The molecular weight excluding hydrogens is 271 g/mol. The summed E-state index contributed by atoms with van der Waals surface area (Å²) < 4.78 is 48.9. The number of aromatic nitrogens is 1. The maximum Gasteiger partial charge on any atom is 0.574 e. The molecule has 1 N–H and O–H groups in total. The molecule has 1 aromatic heterocycles. The van der Waals surface area contributed by atoms with Crippen molar-refractivity contribution >= 4 is 5.97 Å². The lowest BCUT2D eigenvalue weighted by atomic mass is 10.2. The second kappa shape index (κ2) is 5.63. The number of rotatable bonds is 4. The summed E-state index contributed by atoms with van der Waals surface area (Å²) in [5.41, 5.74) is -0.147. The molecule has 1 aromatic rings. The second-order valence-electron chi connectivity index (χ2n) is 3.26. The topological polar surface area (TPSA) is 77.9 Å². The monoisotopic (exact) mass is 281 g/mol. The highest BCUT2D eigenvalue weighted by atomic mass is 19.4. The Balaban J connectivity index is 3.14. The van der Waals surface area contributed by atoms with E-state index in [4.69, 9.17) is 4.74 Å². The quantitative estimate of drug-likeness (QED) is 0.841. The average Bonchev–Trinajstić information content (AvgIpc) is 2.31. The van der Waals surface area contributed by atoms with Gasteiger partial charge in [-0.25, -0.2) is 4.98 Å². The first-order valence-corrected chi connectivity index (χ1v) is 4.86. The smallest absolute Gasteiger partial charge is 0.503 e. The minimum Gasteiger partial charge on any atom is -0.503 e. The fourth-order valence-corrected chi connectivity index (χ4v) is 1.20. The average molecular weight is 281 g/mol. The number of esters is 1. The van der Waals surface area contributed by atoms with Crippen LogP contribution in [0.2, 0.25) is 0 Å². The van der Waals surface area contributed by atoms with Gasteiger partial charge in [-0.2, -0.15) is 0 Å². The summed E-state index contributed by atoms with van der Waals surface area (Å²) >= 11 is 0. The van der Waals surface area contributed by atoms with Gasteiger partial charge in [-0.05, 0) is 0 Å². The Morgan fingerprint density at radius 3 is 2.53 bits per heavy atom. The van der Waals surface area contributed by atoms with Crippen LogP contribution in [0, 0.1) is 0 Å². The van der Waals surface area contributed by atoms with E-state index in [9.17, 15) is 23.1 Å². The second-order valence-corrected chi connectivity index (χ2v) is 3.26. The molecule has 0 aliphatic carbocycles. The highest BCUT2D eigenvalue weighted by Crippen LogP contribution is 2.34. The zero-order chi connectivity index (χ0) is 14.6. The molecule has 0 aromatic carbocycles. The van der Waals surface area contributed by atoms with Gasteiger partial charge in [0.25, 0.3) is 5.88 Å². The summed E-state index contributed by atoms with van der Waals surface area (Å²) in [5.74, 6) is -2.71. The van der Waals surface area contributed by atoms with Crippen molar-refractivity contribution in [3.63, 3.8) is 0 Å². The van der Waals surface area contributed by atoms with Crippen molar-refractivity contribution in [3.05, 3.63) is 11.8 Å². The van der Waals surface area contributed by atoms with Crippen molar-refractivity contribution in [2.24, 2.45) is 0 Å². The van der Waals surface area contributed by atoms with E-state index < -0.39 is 30.4 Å². The van der Waals surface area contributed by atoms with E-state index in [0.717, 1.165) is 13.2 Å². The highest BCUT2D eigenvalue weighted by Gasteiger charge is 2.33. The molecule has 1 heterocycles. The Hall–Kier alpha value is -2.19. The number of ether oxygens (including phenoxy) is 3. The molecule has 0 fully saturated rings. The summed E-state index contributed by atoms with van der Waals surface area (Å²) in [7, 11) is 2.32. The van der Waals surface area contributed by atoms with Crippen molar-refractivity contribution in [1.29, 1.82) is 0 Å². The van der Waals surface area contributed by atoms with Gasteiger partial charge in [0, 0.05) is 6.07 Å². The predicted octanol–water partition coefficient (Wildman–Crippen LogP) is 1.41. The molecular formula is C10H10F3NO5. The molecule has 9 heteroatoms. The van der Waals surface area contributed by atoms with Crippen LogP contribution in [0.1, 0.15) is 5.69 Å². The third-order valence-corrected chi connectivity index (χ3v) is 1.98. The number of methoxy groups -OCH3 is 2. The zero-order valence-electron chi connectivity index (χ0n) is 9.95. The molecule has 0 amide bonds. The molecule has 106 valence electrons. The molecule has 1 rings (SSSR count). The van der Waals surface area contributed by atoms with Gasteiger partial charge in [-0.15, -0.1) is 13.2 Å². The van der Waals surface area contributed by atoms with Crippen LogP contribution in [0.3, 0.4) is 0 Å². The lowest BCUT2D eigenvalue weighted by Gasteiger charge is -2.13. The van der Waals surface area contributed by atoms with Crippen LogP contribution in [0.15, 0.2) is 6.07 Å². The molecule has 0 radical (unpaired) electrons. The predicted molar refractivity (Wildman–Crippen MR) is 54.9 cm³/mol. The number of hydrogen-bond donors (Lipinski definition) is 1. The van der Waals surface area contributed by atoms with Gasteiger partial charge in [0.1, 0.15) is 5.75 Å². The van der Waals surface area contributed by atoms with E-state index >= 15 is 0 Å². The first-order valence-electron chi connectivity index (χ1n) is 4.86. The minimum atomic E-state index is -5.01. The number of pyridine rings is 1. The number of hydrogen-bond acceptors (Lipinski definition) is 6. The highest BCUT2D eigenvalue weighted by molar-refractivity contribution is 5.73. The van der Waals surface area contributed by atoms with Crippen LogP contribution in [0.4, 0.5) is 13.2 Å². The van der Waals surface area contributed by atoms with E-state index in [-0.39, 0.29) is 11.4 Å². The largest absolute Gasteiger partial charge is 0.574 e.